The zero-order valence-electron chi connectivity index (χ0n) is 11.5. The van der Waals surface area contributed by atoms with Crippen molar-refractivity contribution in [3.05, 3.63) is 11.7 Å². The highest BCUT2D eigenvalue weighted by Gasteiger charge is 2.14. The maximum atomic E-state index is 5.25. The van der Waals surface area contributed by atoms with Crippen LogP contribution < -0.4 is 5.32 Å². The molecule has 0 saturated carbocycles. The zero-order valence-corrected chi connectivity index (χ0v) is 11.5. The summed E-state index contributed by atoms with van der Waals surface area (Å²) in [5.41, 5.74) is 0. The second-order valence-corrected chi connectivity index (χ2v) is 5.16. The van der Waals surface area contributed by atoms with Crippen molar-refractivity contribution in [2.24, 2.45) is 5.92 Å². The Morgan fingerprint density at radius 3 is 2.59 bits per heavy atom. The van der Waals surface area contributed by atoms with Crippen LogP contribution in [0.15, 0.2) is 4.52 Å². The third-order valence-electron chi connectivity index (χ3n) is 2.55. The van der Waals surface area contributed by atoms with Gasteiger partial charge in [-0.2, -0.15) is 4.98 Å². The van der Waals surface area contributed by atoms with Gasteiger partial charge in [-0.1, -0.05) is 19.0 Å². The van der Waals surface area contributed by atoms with Gasteiger partial charge in [-0.05, 0) is 33.5 Å². The van der Waals surface area contributed by atoms with Gasteiger partial charge in [-0.3, -0.25) is 0 Å². The van der Waals surface area contributed by atoms with Crippen molar-refractivity contribution >= 4 is 0 Å². The second-order valence-electron chi connectivity index (χ2n) is 5.16. The predicted octanol–water partition coefficient (Wildman–Crippen LogP) is 1.31. The fourth-order valence-electron chi connectivity index (χ4n) is 1.80. The van der Waals surface area contributed by atoms with E-state index in [2.05, 4.69) is 29.3 Å². The predicted molar refractivity (Wildman–Crippen MR) is 67.7 cm³/mol. The molecule has 0 aromatic carbocycles. The third-order valence-corrected chi connectivity index (χ3v) is 2.55. The van der Waals surface area contributed by atoms with Gasteiger partial charge in [0, 0.05) is 12.5 Å². The second kappa shape index (κ2) is 6.71. The van der Waals surface area contributed by atoms with E-state index in [9.17, 15) is 0 Å². The summed E-state index contributed by atoms with van der Waals surface area (Å²) >= 11 is 0. The van der Waals surface area contributed by atoms with Crippen molar-refractivity contribution < 1.29 is 4.52 Å². The van der Waals surface area contributed by atoms with E-state index < -0.39 is 0 Å². The van der Waals surface area contributed by atoms with Gasteiger partial charge in [-0.15, -0.1) is 0 Å². The van der Waals surface area contributed by atoms with Crippen LogP contribution in [0, 0.1) is 5.92 Å². The molecule has 1 atom stereocenters. The molecule has 1 aromatic heterocycles. The number of hydrogen-bond donors (Lipinski definition) is 1. The van der Waals surface area contributed by atoms with Gasteiger partial charge in [0.15, 0.2) is 5.82 Å². The first-order chi connectivity index (χ1) is 8.01. The molecule has 0 aliphatic carbocycles. The summed E-state index contributed by atoms with van der Waals surface area (Å²) in [5, 5.41) is 7.26. The lowest BCUT2D eigenvalue weighted by atomic mass is 10.0. The Labute approximate surface area is 104 Å². The highest BCUT2D eigenvalue weighted by molar-refractivity contribution is 4.89. The van der Waals surface area contributed by atoms with E-state index in [1.165, 1.54) is 0 Å². The molecule has 0 aliphatic heterocycles. The molecule has 0 bridgehead atoms. The lowest BCUT2D eigenvalue weighted by Crippen LogP contribution is -2.29. The largest absolute Gasteiger partial charge is 0.339 e. The molecule has 0 amide bonds. The molecular weight excluding hydrogens is 216 g/mol. The molecule has 98 valence electrons. The monoisotopic (exact) mass is 240 g/mol. The molecule has 5 nitrogen and oxygen atoms in total. The number of rotatable bonds is 7. The average molecular weight is 240 g/mol. The molecule has 0 saturated heterocycles. The Hall–Kier alpha value is -0.940. The normalized spacial score (nSPS) is 13.6. The molecule has 1 N–H and O–H groups in total. The van der Waals surface area contributed by atoms with Gasteiger partial charge in [0.1, 0.15) is 0 Å². The van der Waals surface area contributed by atoms with E-state index in [-0.39, 0.29) is 0 Å². The smallest absolute Gasteiger partial charge is 0.228 e. The van der Waals surface area contributed by atoms with E-state index >= 15 is 0 Å². The number of nitrogens with zero attached hydrogens (tertiary/aromatic N) is 3. The van der Waals surface area contributed by atoms with E-state index in [1.807, 2.05) is 26.0 Å². The van der Waals surface area contributed by atoms with Crippen LogP contribution in [0.1, 0.15) is 32.0 Å². The lowest BCUT2D eigenvalue weighted by molar-refractivity contribution is 0.332. The van der Waals surface area contributed by atoms with Crippen molar-refractivity contribution in [3.63, 3.8) is 0 Å². The Balaban J connectivity index is 2.52. The Bertz CT molecular complexity index is 322. The van der Waals surface area contributed by atoms with Gasteiger partial charge < -0.3 is 14.7 Å². The molecule has 1 rings (SSSR count). The number of likely N-dealkylation sites (N-methyl/N-ethyl adjacent to an activating group) is 1. The van der Waals surface area contributed by atoms with Gasteiger partial charge in [0.2, 0.25) is 5.89 Å². The topological polar surface area (TPSA) is 54.2 Å². The van der Waals surface area contributed by atoms with Crippen LogP contribution in [0.5, 0.6) is 0 Å². The van der Waals surface area contributed by atoms with Gasteiger partial charge in [0.25, 0.3) is 0 Å². The minimum Gasteiger partial charge on any atom is -0.339 e. The van der Waals surface area contributed by atoms with Crippen LogP contribution in [0.4, 0.5) is 0 Å². The first-order valence-electron chi connectivity index (χ1n) is 6.14. The van der Waals surface area contributed by atoms with Crippen molar-refractivity contribution in [2.75, 3.05) is 21.1 Å². The number of nitrogens with one attached hydrogen (secondary N) is 1. The minimum atomic E-state index is 0.405. The van der Waals surface area contributed by atoms with Gasteiger partial charge in [-0.25, -0.2) is 0 Å². The highest BCUT2D eigenvalue weighted by atomic mass is 16.5. The van der Waals surface area contributed by atoms with Gasteiger partial charge >= 0.3 is 0 Å². The highest BCUT2D eigenvalue weighted by Crippen LogP contribution is 2.10. The summed E-state index contributed by atoms with van der Waals surface area (Å²) in [7, 11) is 5.96. The quantitative estimate of drug-likeness (QED) is 0.778. The van der Waals surface area contributed by atoms with Crippen LogP contribution in [-0.4, -0.2) is 42.2 Å². The molecule has 1 heterocycles. The van der Waals surface area contributed by atoms with Crippen LogP contribution in [-0.2, 0) is 13.0 Å². The molecule has 0 radical (unpaired) electrons. The summed E-state index contributed by atoms with van der Waals surface area (Å²) < 4.78 is 5.25. The first kappa shape index (κ1) is 14.1. The molecule has 5 heteroatoms. The number of aromatic nitrogens is 2. The van der Waals surface area contributed by atoms with Crippen molar-refractivity contribution in [3.8, 4) is 0 Å². The van der Waals surface area contributed by atoms with Crippen molar-refractivity contribution in [1.29, 1.82) is 0 Å². The summed E-state index contributed by atoms with van der Waals surface area (Å²) in [5.74, 6) is 2.14. The Kier molecular flexibility index (Phi) is 5.58. The van der Waals surface area contributed by atoms with E-state index in [1.54, 1.807) is 0 Å². The standard InChI is InChI=1S/C12H24N4O/c1-9(2)6-10(13-3)7-12-14-11(15-17-12)8-16(4)5/h9-10,13H,6-8H2,1-5H3. The van der Waals surface area contributed by atoms with Crippen molar-refractivity contribution in [2.45, 2.75) is 39.3 Å². The molecular formula is C12H24N4O. The molecule has 1 unspecified atom stereocenters. The van der Waals surface area contributed by atoms with E-state index in [4.69, 9.17) is 4.52 Å². The third kappa shape index (κ3) is 5.28. The summed E-state index contributed by atoms with van der Waals surface area (Å²) in [4.78, 5) is 6.41. The summed E-state index contributed by atoms with van der Waals surface area (Å²) in [6.45, 7) is 5.16. The maximum absolute atomic E-state index is 5.25. The number of hydrogen-bond acceptors (Lipinski definition) is 5. The van der Waals surface area contributed by atoms with Crippen LogP contribution in [0.2, 0.25) is 0 Å². The summed E-state index contributed by atoms with van der Waals surface area (Å²) in [6.07, 6.45) is 1.91. The Morgan fingerprint density at radius 2 is 2.06 bits per heavy atom. The van der Waals surface area contributed by atoms with Crippen LogP contribution in [0.3, 0.4) is 0 Å². The molecule has 1 aromatic rings. The van der Waals surface area contributed by atoms with Crippen LogP contribution >= 0.6 is 0 Å². The summed E-state index contributed by atoms with van der Waals surface area (Å²) in [6, 6.07) is 0.405. The zero-order chi connectivity index (χ0) is 12.8. The Morgan fingerprint density at radius 1 is 1.35 bits per heavy atom. The first-order valence-corrected chi connectivity index (χ1v) is 6.14. The molecule has 17 heavy (non-hydrogen) atoms. The van der Waals surface area contributed by atoms with Crippen molar-refractivity contribution in [1.82, 2.24) is 20.4 Å². The van der Waals surface area contributed by atoms with Crippen LogP contribution in [0.25, 0.3) is 0 Å². The average Bonchev–Trinajstić information content (AvgIpc) is 2.62. The molecule has 0 aliphatic rings. The minimum absolute atomic E-state index is 0.405. The SMILES string of the molecule is CNC(Cc1nc(CN(C)C)no1)CC(C)C. The fourth-order valence-corrected chi connectivity index (χ4v) is 1.80. The molecule has 0 fully saturated rings. The maximum Gasteiger partial charge on any atom is 0.228 e. The van der Waals surface area contributed by atoms with E-state index in [0.29, 0.717) is 12.0 Å². The molecule has 0 spiro atoms. The van der Waals surface area contributed by atoms with E-state index in [0.717, 1.165) is 31.1 Å². The lowest BCUT2D eigenvalue weighted by Gasteiger charge is -2.15. The van der Waals surface area contributed by atoms with Gasteiger partial charge in [0.05, 0.1) is 6.54 Å². The fraction of sp³-hybridized carbons (Fsp3) is 0.833.